The molecular formula is C20H28N4O3. The van der Waals surface area contributed by atoms with Crippen LogP contribution in [0.15, 0.2) is 18.2 Å². The summed E-state index contributed by atoms with van der Waals surface area (Å²) in [4.78, 5) is 31.2. The summed E-state index contributed by atoms with van der Waals surface area (Å²) < 4.78 is 5.48. The zero-order chi connectivity index (χ0) is 19.9. The van der Waals surface area contributed by atoms with Crippen LogP contribution in [-0.4, -0.2) is 53.7 Å². The van der Waals surface area contributed by atoms with E-state index in [1.165, 1.54) is 0 Å². The second kappa shape index (κ2) is 6.79. The van der Waals surface area contributed by atoms with Gasteiger partial charge in [-0.1, -0.05) is 0 Å². The third-order valence-corrected chi connectivity index (χ3v) is 4.90. The quantitative estimate of drug-likeness (QED) is 0.866. The molecule has 0 bridgehead atoms. The molecule has 3 rings (SSSR count). The number of benzene rings is 1. The number of fused-ring (bicyclic) bond motifs is 1. The largest absolute Gasteiger partial charge is 0.444 e. The Labute approximate surface area is 159 Å². The first-order chi connectivity index (χ1) is 12.6. The summed E-state index contributed by atoms with van der Waals surface area (Å²) in [6, 6.07) is 5.81. The van der Waals surface area contributed by atoms with E-state index >= 15 is 0 Å². The molecule has 1 atom stereocenters. The number of aryl methyl sites for hydroxylation is 1. The molecule has 7 heteroatoms. The van der Waals surface area contributed by atoms with Gasteiger partial charge in [0.1, 0.15) is 5.60 Å². The molecule has 0 radical (unpaired) electrons. The predicted octanol–water partition coefficient (Wildman–Crippen LogP) is 3.02. The monoisotopic (exact) mass is 372 g/mol. The van der Waals surface area contributed by atoms with E-state index in [-0.39, 0.29) is 12.1 Å². The van der Waals surface area contributed by atoms with Gasteiger partial charge in [0.2, 0.25) is 0 Å². The lowest BCUT2D eigenvalue weighted by Gasteiger charge is -2.29. The van der Waals surface area contributed by atoms with E-state index in [1.54, 1.807) is 18.0 Å². The molecular weight excluding hydrogens is 344 g/mol. The van der Waals surface area contributed by atoms with Crippen molar-refractivity contribution in [2.24, 2.45) is 5.73 Å². The summed E-state index contributed by atoms with van der Waals surface area (Å²) in [5.74, 6) is -0.447. The zero-order valence-corrected chi connectivity index (χ0v) is 16.6. The number of H-pyrrole nitrogens is 1. The van der Waals surface area contributed by atoms with Crippen LogP contribution in [-0.2, 0) is 4.74 Å². The molecule has 2 heterocycles. The standard InChI is InChI=1S/C20H28N4O3/c1-12-10-15-16(7-6-14(18(21)25)17(15)22-12)24-9-8-13(11-24)23(5)19(26)27-20(2,3)4/h6-7,10,13,22H,8-9,11H2,1-5H3,(H2,21,25)/t13-/m1/s1. The molecule has 1 aliphatic rings. The van der Waals surface area contributed by atoms with Gasteiger partial charge in [-0.05, 0) is 52.3 Å². The summed E-state index contributed by atoms with van der Waals surface area (Å²) in [6.45, 7) is 9.09. The van der Waals surface area contributed by atoms with Crippen LogP contribution in [0.5, 0.6) is 0 Å². The smallest absolute Gasteiger partial charge is 0.410 e. The number of primary amides is 1. The van der Waals surface area contributed by atoms with E-state index < -0.39 is 11.5 Å². The fourth-order valence-corrected chi connectivity index (χ4v) is 3.58. The van der Waals surface area contributed by atoms with Crippen LogP contribution in [0, 0.1) is 6.92 Å². The number of rotatable bonds is 3. The summed E-state index contributed by atoms with van der Waals surface area (Å²) >= 11 is 0. The lowest BCUT2D eigenvalue weighted by atomic mass is 10.1. The number of nitrogens with two attached hydrogens (primary N) is 1. The van der Waals surface area contributed by atoms with E-state index in [0.29, 0.717) is 12.1 Å². The molecule has 0 spiro atoms. The first-order valence-electron chi connectivity index (χ1n) is 9.19. The number of anilines is 1. The van der Waals surface area contributed by atoms with Gasteiger partial charge in [0.25, 0.3) is 5.91 Å². The number of likely N-dealkylation sites (N-methyl/N-ethyl adjacent to an activating group) is 1. The maximum absolute atomic E-state index is 12.4. The van der Waals surface area contributed by atoms with Gasteiger partial charge in [-0.3, -0.25) is 4.79 Å². The normalized spacial score (nSPS) is 17.4. The first kappa shape index (κ1) is 19.1. The highest BCUT2D eigenvalue weighted by molar-refractivity contribution is 6.08. The second-order valence-corrected chi connectivity index (χ2v) is 8.22. The zero-order valence-electron chi connectivity index (χ0n) is 16.6. The fourth-order valence-electron chi connectivity index (χ4n) is 3.58. The van der Waals surface area contributed by atoms with Crippen molar-refractivity contribution >= 4 is 28.6 Å². The van der Waals surface area contributed by atoms with Crippen LogP contribution in [0.2, 0.25) is 0 Å². The van der Waals surface area contributed by atoms with Gasteiger partial charge in [-0.25, -0.2) is 4.79 Å². The number of ether oxygens (including phenoxy) is 1. The van der Waals surface area contributed by atoms with E-state index in [1.807, 2.05) is 39.8 Å². The van der Waals surface area contributed by atoms with Gasteiger partial charge in [0.15, 0.2) is 0 Å². The van der Waals surface area contributed by atoms with E-state index in [4.69, 9.17) is 10.5 Å². The van der Waals surface area contributed by atoms with Crippen molar-refractivity contribution < 1.29 is 14.3 Å². The van der Waals surface area contributed by atoms with Crippen LogP contribution in [0.25, 0.3) is 10.9 Å². The van der Waals surface area contributed by atoms with Gasteiger partial charge in [-0.15, -0.1) is 0 Å². The van der Waals surface area contributed by atoms with Gasteiger partial charge in [0.05, 0.1) is 17.1 Å². The summed E-state index contributed by atoms with van der Waals surface area (Å²) in [5, 5.41) is 0.976. The molecule has 1 aromatic heterocycles. The van der Waals surface area contributed by atoms with Crippen molar-refractivity contribution in [3.8, 4) is 0 Å². The number of carbonyl (C=O) groups is 2. The predicted molar refractivity (Wildman–Crippen MR) is 106 cm³/mol. The molecule has 7 nitrogen and oxygen atoms in total. The van der Waals surface area contributed by atoms with E-state index in [0.717, 1.165) is 35.2 Å². The molecule has 0 saturated carbocycles. The van der Waals surface area contributed by atoms with E-state index in [9.17, 15) is 9.59 Å². The van der Waals surface area contributed by atoms with Crippen molar-refractivity contribution in [3.63, 3.8) is 0 Å². The highest BCUT2D eigenvalue weighted by atomic mass is 16.6. The Morgan fingerprint density at radius 2 is 2.04 bits per heavy atom. The average molecular weight is 372 g/mol. The van der Waals surface area contributed by atoms with Crippen molar-refractivity contribution in [3.05, 3.63) is 29.5 Å². The topological polar surface area (TPSA) is 91.7 Å². The minimum atomic E-state index is -0.511. The lowest BCUT2D eigenvalue weighted by molar-refractivity contribution is 0.0238. The van der Waals surface area contributed by atoms with E-state index in [2.05, 4.69) is 9.88 Å². The maximum Gasteiger partial charge on any atom is 0.410 e. The van der Waals surface area contributed by atoms with Crippen LogP contribution in [0.4, 0.5) is 10.5 Å². The van der Waals surface area contributed by atoms with Crippen LogP contribution < -0.4 is 10.6 Å². The molecule has 1 aliphatic heterocycles. The Bertz CT molecular complexity index is 881. The summed E-state index contributed by atoms with van der Waals surface area (Å²) in [7, 11) is 1.79. The number of aromatic amines is 1. The number of hydrogen-bond donors (Lipinski definition) is 2. The minimum absolute atomic E-state index is 0.0748. The Balaban J connectivity index is 1.82. The number of amides is 2. The number of hydrogen-bond acceptors (Lipinski definition) is 4. The van der Waals surface area contributed by atoms with Crippen LogP contribution in [0.1, 0.15) is 43.2 Å². The molecule has 1 fully saturated rings. The second-order valence-electron chi connectivity index (χ2n) is 8.22. The third kappa shape index (κ3) is 3.86. The van der Waals surface area contributed by atoms with Gasteiger partial charge < -0.3 is 25.3 Å². The Morgan fingerprint density at radius 1 is 1.33 bits per heavy atom. The Kier molecular flexibility index (Phi) is 4.80. The number of nitrogens with zero attached hydrogens (tertiary/aromatic N) is 2. The molecule has 1 saturated heterocycles. The van der Waals surface area contributed by atoms with Crippen LogP contribution >= 0.6 is 0 Å². The summed E-state index contributed by atoms with van der Waals surface area (Å²) in [6.07, 6.45) is 0.555. The number of aromatic nitrogens is 1. The molecule has 3 N–H and O–H groups in total. The third-order valence-electron chi connectivity index (χ3n) is 4.90. The van der Waals surface area contributed by atoms with Crippen molar-refractivity contribution in [1.29, 1.82) is 0 Å². The number of nitrogens with one attached hydrogen (secondary N) is 1. The highest BCUT2D eigenvalue weighted by Gasteiger charge is 2.32. The number of carbonyl (C=O) groups excluding carboxylic acids is 2. The summed E-state index contributed by atoms with van der Waals surface area (Å²) in [5.41, 5.74) is 8.27. The first-order valence-corrected chi connectivity index (χ1v) is 9.19. The van der Waals surface area contributed by atoms with Gasteiger partial charge >= 0.3 is 6.09 Å². The average Bonchev–Trinajstić information content (AvgIpc) is 3.17. The molecule has 0 aliphatic carbocycles. The highest BCUT2D eigenvalue weighted by Crippen LogP contribution is 2.33. The van der Waals surface area contributed by atoms with Gasteiger partial charge in [0, 0.05) is 36.9 Å². The van der Waals surface area contributed by atoms with Crippen LogP contribution in [0.3, 0.4) is 0 Å². The van der Waals surface area contributed by atoms with Gasteiger partial charge in [-0.2, -0.15) is 0 Å². The lowest BCUT2D eigenvalue weighted by Crippen LogP contribution is -2.42. The Hall–Kier alpha value is -2.70. The molecule has 27 heavy (non-hydrogen) atoms. The fraction of sp³-hybridized carbons (Fsp3) is 0.500. The molecule has 0 unspecified atom stereocenters. The van der Waals surface area contributed by atoms with Crippen molar-refractivity contribution in [1.82, 2.24) is 9.88 Å². The Morgan fingerprint density at radius 3 is 2.67 bits per heavy atom. The maximum atomic E-state index is 12.4. The minimum Gasteiger partial charge on any atom is -0.444 e. The molecule has 1 aromatic carbocycles. The molecule has 2 aromatic rings. The molecule has 146 valence electrons. The SMILES string of the molecule is Cc1cc2c(N3CC[C@@H](N(C)C(=O)OC(C)(C)C)C3)ccc(C(N)=O)c2[nH]1. The molecule has 2 amide bonds. The van der Waals surface area contributed by atoms with Crippen molar-refractivity contribution in [2.45, 2.75) is 45.8 Å². The van der Waals surface area contributed by atoms with Crippen molar-refractivity contribution in [2.75, 3.05) is 25.0 Å².